The lowest BCUT2D eigenvalue weighted by Crippen LogP contribution is -2.40. The monoisotopic (exact) mass is 460 g/mol. The van der Waals surface area contributed by atoms with E-state index in [1.54, 1.807) is 25.1 Å². The highest BCUT2D eigenvalue weighted by Crippen LogP contribution is 2.25. The molecule has 0 amide bonds. The van der Waals surface area contributed by atoms with Crippen LogP contribution in [-0.4, -0.2) is 37.2 Å². The summed E-state index contributed by atoms with van der Waals surface area (Å²) in [6.45, 7) is 5.39. The molecule has 2 aromatic carbocycles. The van der Waals surface area contributed by atoms with Gasteiger partial charge in [-0.1, -0.05) is 17.7 Å². The van der Waals surface area contributed by atoms with Crippen LogP contribution in [0, 0.1) is 11.6 Å². The Kier molecular flexibility index (Phi) is 8.96. The molecule has 0 aromatic heterocycles. The number of aldehydes is 1. The number of allylic oxidation sites excluding steroid dienone is 2. The minimum Gasteiger partial charge on any atom is -0.386 e. The predicted octanol–water partition coefficient (Wildman–Crippen LogP) is 6.20. The summed E-state index contributed by atoms with van der Waals surface area (Å²) in [6.07, 6.45) is 5.60. The molecule has 0 fully saturated rings. The van der Waals surface area contributed by atoms with Gasteiger partial charge in [-0.25, -0.2) is 8.78 Å². The summed E-state index contributed by atoms with van der Waals surface area (Å²) in [6, 6.07) is 8.05. The lowest BCUT2D eigenvalue weighted by Gasteiger charge is -2.28. The highest BCUT2D eigenvalue weighted by atomic mass is 35.5. The lowest BCUT2D eigenvalue weighted by molar-refractivity contribution is 0.112. The van der Waals surface area contributed by atoms with Gasteiger partial charge in [0.1, 0.15) is 6.17 Å². The highest BCUT2D eigenvalue weighted by molar-refractivity contribution is 6.33. The van der Waals surface area contributed by atoms with Crippen LogP contribution in [0.3, 0.4) is 0 Å². The zero-order chi connectivity index (χ0) is 23.8. The van der Waals surface area contributed by atoms with E-state index in [1.807, 2.05) is 38.1 Å². The summed E-state index contributed by atoms with van der Waals surface area (Å²) >= 11 is 6.14. The number of nitrogens with zero attached hydrogens (tertiary/aromatic N) is 2. The first-order valence-electron chi connectivity index (χ1n) is 9.96. The zero-order valence-electron chi connectivity index (χ0n) is 18.7. The summed E-state index contributed by atoms with van der Waals surface area (Å²) < 4.78 is 28.5. The molecule has 0 aliphatic heterocycles. The van der Waals surface area contributed by atoms with Gasteiger partial charge in [-0.05, 0) is 62.9 Å². The number of carbonyl (C=O) groups is 1. The van der Waals surface area contributed by atoms with Gasteiger partial charge in [0, 0.05) is 37.1 Å². The Labute approximate surface area is 192 Å². The molecular weight excluding hydrogens is 434 g/mol. The lowest BCUT2D eigenvalue weighted by atomic mass is 10.1. The number of nitrogens with one attached hydrogen (secondary N) is 2. The Balaban J connectivity index is 2.36. The fraction of sp³-hybridized carbons (Fsp3) is 0.250. The minimum absolute atomic E-state index is 0.0928. The number of aliphatic imine (C=N–C) groups is 1. The Morgan fingerprint density at radius 3 is 2.50 bits per heavy atom. The SMILES string of the molecule is C/C=C\N(C)C(Nc1ccc(C=O)c(Cl)c1)C(C)=N/C=C(\C)c1ccc(NC)c(F)c1F. The molecule has 0 aliphatic rings. The molecule has 170 valence electrons. The first kappa shape index (κ1) is 25.1. The van der Waals surface area contributed by atoms with E-state index < -0.39 is 11.6 Å². The van der Waals surface area contributed by atoms with Gasteiger partial charge in [0.2, 0.25) is 0 Å². The number of halogens is 3. The summed E-state index contributed by atoms with van der Waals surface area (Å²) in [5.74, 6) is -1.86. The normalized spacial score (nSPS) is 13.2. The quantitative estimate of drug-likeness (QED) is 0.266. The Bertz CT molecular complexity index is 1070. The van der Waals surface area contributed by atoms with Gasteiger partial charge in [-0.3, -0.25) is 9.79 Å². The van der Waals surface area contributed by atoms with Crippen molar-refractivity contribution in [2.75, 3.05) is 24.7 Å². The second-order valence-electron chi connectivity index (χ2n) is 7.17. The molecule has 1 atom stereocenters. The molecule has 0 bridgehead atoms. The largest absolute Gasteiger partial charge is 0.386 e. The van der Waals surface area contributed by atoms with E-state index in [2.05, 4.69) is 15.6 Å². The third-order valence-electron chi connectivity index (χ3n) is 4.86. The smallest absolute Gasteiger partial charge is 0.182 e. The van der Waals surface area contributed by atoms with Gasteiger partial charge in [0.15, 0.2) is 17.9 Å². The molecule has 2 aromatic rings. The van der Waals surface area contributed by atoms with Gasteiger partial charge in [0.25, 0.3) is 0 Å². The van der Waals surface area contributed by atoms with E-state index in [4.69, 9.17) is 11.6 Å². The highest BCUT2D eigenvalue weighted by Gasteiger charge is 2.17. The summed E-state index contributed by atoms with van der Waals surface area (Å²) in [4.78, 5) is 17.4. The van der Waals surface area contributed by atoms with Crippen LogP contribution in [0.4, 0.5) is 20.2 Å². The molecule has 0 saturated heterocycles. The average Bonchev–Trinajstić information content (AvgIpc) is 2.77. The van der Waals surface area contributed by atoms with Crippen molar-refractivity contribution in [3.8, 4) is 0 Å². The first-order valence-corrected chi connectivity index (χ1v) is 10.3. The molecule has 0 aliphatic carbocycles. The van der Waals surface area contributed by atoms with Crippen LogP contribution in [0.2, 0.25) is 5.02 Å². The Hall–Kier alpha value is -3.19. The number of benzene rings is 2. The molecule has 2 N–H and O–H groups in total. The fourth-order valence-corrected chi connectivity index (χ4v) is 3.30. The fourth-order valence-electron chi connectivity index (χ4n) is 3.08. The molecule has 32 heavy (non-hydrogen) atoms. The number of carbonyl (C=O) groups excluding carboxylic acids is 1. The van der Waals surface area contributed by atoms with E-state index in [0.29, 0.717) is 33.8 Å². The number of anilines is 2. The van der Waals surface area contributed by atoms with Crippen LogP contribution in [-0.2, 0) is 0 Å². The van der Waals surface area contributed by atoms with Gasteiger partial charge in [0.05, 0.1) is 16.4 Å². The van der Waals surface area contributed by atoms with Crippen molar-refractivity contribution in [3.63, 3.8) is 0 Å². The number of hydrogen-bond acceptors (Lipinski definition) is 5. The van der Waals surface area contributed by atoms with Crippen LogP contribution in [0.5, 0.6) is 0 Å². The maximum Gasteiger partial charge on any atom is 0.182 e. The third-order valence-corrected chi connectivity index (χ3v) is 5.18. The minimum atomic E-state index is -0.929. The second-order valence-corrected chi connectivity index (χ2v) is 7.58. The standard InChI is InChI=1S/C24H27ClF2N4O/c1-6-11-31(5)24(30-18-8-7-17(14-32)20(25)12-18)16(3)29-13-15(2)19-9-10-21(28-4)23(27)22(19)26/h6-14,24,28,30H,1-5H3/b11-6-,15-13+,29-16?. The molecule has 0 radical (unpaired) electrons. The van der Waals surface area contributed by atoms with Gasteiger partial charge in [-0.2, -0.15) is 0 Å². The molecular formula is C24H27ClF2N4O. The topological polar surface area (TPSA) is 56.7 Å². The number of rotatable bonds is 9. The van der Waals surface area contributed by atoms with Gasteiger partial charge < -0.3 is 15.5 Å². The van der Waals surface area contributed by atoms with Crippen LogP contribution in [0.25, 0.3) is 5.57 Å². The van der Waals surface area contributed by atoms with Crippen molar-refractivity contribution in [1.82, 2.24) is 4.90 Å². The average molecular weight is 461 g/mol. The Morgan fingerprint density at radius 1 is 1.19 bits per heavy atom. The van der Waals surface area contributed by atoms with Crippen LogP contribution in [0.15, 0.2) is 53.8 Å². The molecule has 2 rings (SSSR count). The van der Waals surface area contributed by atoms with Crippen LogP contribution < -0.4 is 10.6 Å². The van der Waals surface area contributed by atoms with Crippen molar-refractivity contribution in [1.29, 1.82) is 0 Å². The van der Waals surface area contributed by atoms with E-state index >= 15 is 0 Å². The van der Waals surface area contributed by atoms with Crippen LogP contribution >= 0.6 is 11.6 Å². The summed E-state index contributed by atoms with van der Waals surface area (Å²) in [7, 11) is 3.40. The molecule has 0 heterocycles. The number of hydrogen-bond donors (Lipinski definition) is 2. The van der Waals surface area contributed by atoms with E-state index in [9.17, 15) is 13.6 Å². The molecule has 1 unspecified atom stereocenters. The summed E-state index contributed by atoms with van der Waals surface area (Å²) in [5.41, 5.74) is 2.49. The third kappa shape index (κ3) is 5.95. The van der Waals surface area contributed by atoms with E-state index in [1.165, 1.54) is 25.4 Å². The van der Waals surface area contributed by atoms with E-state index in [-0.39, 0.29) is 17.4 Å². The van der Waals surface area contributed by atoms with Gasteiger partial charge >= 0.3 is 0 Å². The Morgan fingerprint density at radius 2 is 1.91 bits per heavy atom. The maximum atomic E-state index is 14.4. The maximum absolute atomic E-state index is 14.4. The van der Waals surface area contributed by atoms with Crippen molar-refractivity contribution in [2.24, 2.45) is 4.99 Å². The second kappa shape index (κ2) is 11.4. The van der Waals surface area contributed by atoms with Crippen LogP contribution in [0.1, 0.15) is 36.7 Å². The first-order chi connectivity index (χ1) is 15.2. The summed E-state index contributed by atoms with van der Waals surface area (Å²) in [5, 5.41) is 6.28. The molecule has 0 spiro atoms. The van der Waals surface area contributed by atoms with Crippen molar-refractivity contribution < 1.29 is 13.6 Å². The predicted molar refractivity (Wildman–Crippen MR) is 129 cm³/mol. The van der Waals surface area contributed by atoms with Crippen molar-refractivity contribution in [2.45, 2.75) is 26.9 Å². The van der Waals surface area contributed by atoms with Crippen molar-refractivity contribution in [3.05, 3.63) is 76.6 Å². The zero-order valence-corrected chi connectivity index (χ0v) is 19.5. The van der Waals surface area contributed by atoms with E-state index in [0.717, 1.165) is 0 Å². The molecule has 0 saturated carbocycles. The van der Waals surface area contributed by atoms with Crippen molar-refractivity contribution >= 4 is 40.5 Å². The van der Waals surface area contributed by atoms with Gasteiger partial charge in [-0.15, -0.1) is 0 Å². The molecule has 8 heteroatoms. The molecule has 5 nitrogen and oxygen atoms in total.